The largest absolute Gasteiger partial charge is 0.491 e. The van der Waals surface area contributed by atoms with E-state index in [1.54, 1.807) is 13.4 Å². The summed E-state index contributed by atoms with van der Waals surface area (Å²) in [6.45, 7) is 5.89. The molecule has 7 heteroatoms. The number of morpholine rings is 1. The molecule has 1 saturated heterocycles. The van der Waals surface area contributed by atoms with E-state index in [0.717, 1.165) is 54.2 Å². The van der Waals surface area contributed by atoms with E-state index in [-0.39, 0.29) is 11.9 Å². The molecule has 3 aliphatic rings. The van der Waals surface area contributed by atoms with Crippen LogP contribution in [-0.2, 0) is 14.3 Å². The highest BCUT2D eigenvalue weighted by Crippen LogP contribution is 2.42. The number of nitrogens with zero attached hydrogens (tertiary/aromatic N) is 3. The Morgan fingerprint density at radius 1 is 1.00 bits per heavy atom. The standard InChI is InChI=1S/C29H34N4O3/c1-19-27(33(29(34)28(19)35-2)24-11-12-25-26(17-24)31-18-30-25)22-5-3-20(4-6-22)21-7-9-23(10-8-21)32-13-15-36-16-14-32/h3-6,11-12,17-18,21,23,27H,7-10,13-16H2,1-2H3,(H,30,31). The van der Waals surface area contributed by atoms with Crippen LogP contribution in [0, 0.1) is 0 Å². The molecule has 2 fully saturated rings. The van der Waals surface area contributed by atoms with Crippen molar-refractivity contribution in [3.05, 3.63) is 71.3 Å². The third kappa shape index (κ3) is 4.10. The molecular weight excluding hydrogens is 452 g/mol. The first kappa shape index (κ1) is 23.3. The quantitative estimate of drug-likeness (QED) is 0.554. The van der Waals surface area contributed by atoms with Crippen molar-refractivity contribution in [3.8, 4) is 0 Å². The van der Waals surface area contributed by atoms with Gasteiger partial charge in [-0.1, -0.05) is 24.3 Å². The SMILES string of the molecule is COC1=C(C)C(c2ccc(C3CCC(N4CCOCC4)CC3)cc2)N(c2ccc3nc[nH]c3c2)C1=O. The fourth-order valence-corrected chi connectivity index (χ4v) is 6.37. The number of carbonyl (C=O) groups is 1. The van der Waals surface area contributed by atoms with Crippen LogP contribution < -0.4 is 4.90 Å². The second kappa shape index (κ2) is 9.71. The summed E-state index contributed by atoms with van der Waals surface area (Å²) in [5, 5.41) is 0. The van der Waals surface area contributed by atoms with Crippen molar-refractivity contribution < 1.29 is 14.3 Å². The lowest BCUT2D eigenvalue weighted by Crippen LogP contribution is -2.44. The number of H-pyrrole nitrogens is 1. The molecule has 1 aromatic heterocycles. The molecule has 0 bridgehead atoms. The number of amides is 1. The lowest BCUT2D eigenvalue weighted by Gasteiger charge is -2.39. The van der Waals surface area contributed by atoms with E-state index in [2.05, 4.69) is 39.1 Å². The van der Waals surface area contributed by atoms with E-state index in [0.29, 0.717) is 17.7 Å². The minimum absolute atomic E-state index is 0.107. The smallest absolute Gasteiger partial charge is 0.294 e. The third-order valence-electron chi connectivity index (χ3n) is 8.31. The van der Waals surface area contributed by atoms with Crippen LogP contribution in [0.3, 0.4) is 0 Å². The number of anilines is 1. The molecule has 3 aromatic rings. The van der Waals surface area contributed by atoms with Crippen LogP contribution >= 0.6 is 0 Å². The lowest BCUT2D eigenvalue weighted by atomic mass is 9.80. The van der Waals surface area contributed by atoms with Crippen molar-refractivity contribution in [2.75, 3.05) is 38.3 Å². The van der Waals surface area contributed by atoms with E-state index >= 15 is 0 Å². The van der Waals surface area contributed by atoms with Crippen molar-refractivity contribution in [2.24, 2.45) is 0 Å². The average molecular weight is 487 g/mol. The number of aromatic nitrogens is 2. The monoisotopic (exact) mass is 486 g/mol. The Labute approximate surface area is 212 Å². The second-order valence-corrected chi connectivity index (χ2v) is 10.2. The molecule has 1 amide bonds. The highest BCUT2D eigenvalue weighted by atomic mass is 16.5. The zero-order chi connectivity index (χ0) is 24.6. The minimum atomic E-state index is -0.195. The number of benzene rings is 2. The van der Waals surface area contributed by atoms with E-state index < -0.39 is 0 Å². The van der Waals surface area contributed by atoms with Crippen LogP contribution in [0.15, 0.2) is 60.1 Å². The van der Waals surface area contributed by atoms with Crippen LogP contribution in [0.4, 0.5) is 5.69 Å². The second-order valence-electron chi connectivity index (χ2n) is 10.2. The summed E-state index contributed by atoms with van der Waals surface area (Å²) >= 11 is 0. The number of hydrogen-bond donors (Lipinski definition) is 1. The summed E-state index contributed by atoms with van der Waals surface area (Å²) in [5.41, 5.74) is 6.06. The van der Waals surface area contributed by atoms with Crippen LogP contribution in [-0.4, -0.2) is 60.2 Å². The van der Waals surface area contributed by atoms with Gasteiger partial charge in [-0.25, -0.2) is 4.98 Å². The molecule has 2 aliphatic heterocycles. The average Bonchev–Trinajstić information content (AvgIpc) is 3.50. The first-order valence-corrected chi connectivity index (χ1v) is 13.1. The molecule has 1 aliphatic carbocycles. The highest BCUT2D eigenvalue weighted by Gasteiger charge is 2.40. The number of imidazole rings is 1. The van der Waals surface area contributed by atoms with Gasteiger partial charge in [0.25, 0.3) is 5.91 Å². The van der Waals surface area contributed by atoms with Crippen molar-refractivity contribution >= 4 is 22.6 Å². The summed E-state index contributed by atoms with van der Waals surface area (Å²) in [7, 11) is 1.58. The minimum Gasteiger partial charge on any atom is -0.491 e. The van der Waals surface area contributed by atoms with Gasteiger partial charge in [-0.15, -0.1) is 0 Å². The highest BCUT2D eigenvalue weighted by molar-refractivity contribution is 6.09. The van der Waals surface area contributed by atoms with E-state index in [1.165, 1.54) is 31.2 Å². The van der Waals surface area contributed by atoms with E-state index in [9.17, 15) is 4.79 Å². The van der Waals surface area contributed by atoms with Crippen LogP contribution in [0.25, 0.3) is 11.0 Å². The molecule has 3 heterocycles. The predicted octanol–water partition coefficient (Wildman–Crippen LogP) is 4.93. The fourth-order valence-electron chi connectivity index (χ4n) is 6.37. The number of hydrogen-bond acceptors (Lipinski definition) is 5. The number of carbonyl (C=O) groups excluding carboxylic acids is 1. The van der Waals surface area contributed by atoms with Gasteiger partial charge in [-0.05, 0) is 67.9 Å². The Kier molecular flexibility index (Phi) is 6.27. The summed E-state index contributed by atoms with van der Waals surface area (Å²) in [6.07, 6.45) is 6.65. The normalized spacial score (nSPS) is 25.7. The molecule has 188 valence electrons. The molecule has 0 spiro atoms. The van der Waals surface area contributed by atoms with Gasteiger partial charge in [0.2, 0.25) is 0 Å². The molecule has 36 heavy (non-hydrogen) atoms. The van der Waals surface area contributed by atoms with Crippen LogP contribution in [0.5, 0.6) is 0 Å². The molecular formula is C29H34N4O3. The number of aromatic amines is 1. The maximum Gasteiger partial charge on any atom is 0.294 e. The van der Waals surface area contributed by atoms with Gasteiger partial charge >= 0.3 is 0 Å². The topological polar surface area (TPSA) is 70.7 Å². The summed E-state index contributed by atoms with van der Waals surface area (Å²) in [4.78, 5) is 25.3. The van der Waals surface area contributed by atoms with Crippen LogP contribution in [0.2, 0.25) is 0 Å². The number of ether oxygens (including phenoxy) is 2. The maximum absolute atomic E-state index is 13.4. The number of fused-ring (bicyclic) bond motifs is 1. The molecule has 1 N–H and O–H groups in total. The zero-order valence-electron chi connectivity index (χ0n) is 21.1. The lowest BCUT2D eigenvalue weighted by molar-refractivity contribution is -0.117. The van der Waals surface area contributed by atoms with E-state index in [1.807, 2.05) is 30.0 Å². The van der Waals surface area contributed by atoms with Gasteiger partial charge in [0, 0.05) is 30.4 Å². The molecule has 7 nitrogen and oxygen atoms in total. The van der Waals surface area contributed by atoms with Gasteiger partial charge in [0.1, 0.15) is 0 Å². The van der Waals surface area contributed by atoms with Crippen molar-refractivity contribution in [1.29, 1.82) is 0 Å². The summed E-state index contributed by atoms with van der Waals surface area (Å²) in [5.74, 6) is 0.922. The Morgan fingerprint density at radius 3 is 2.44 bits per heavy atom. The molecule has 1 atom stereocenters. The Bertz CT molecular complexity index is 1270. The van der Waals surface area contributed by atoms with Crippen molar-refractivity contribution in [1.82, 2.24) is 14.9 Å². The fraction of sp³-hybridized carbons (Fsp3) is 0.448. The van der Waals surface area contributed by atoms with Crippen molar-refractivity contribution in [2.45, 2.75) is 50.6 Å². The van der Waals surface area contributed by atoms with Gasteiger partial charge in [0.15, 0.2) is 5.76 Å². The Balaban J connectivity index is 1.22. The molecule has 2 aromatic carbocycles. The molecule has 1 saturated carbocycles. The van der Waals surface area contributed by atoms with Gasteiger partial charge in [-0.3, -0.25) is 14.6 Å². The predicted molar refractivity (Wildman–Crippen MR) is 140 cm³/mol. The number of rotatable bonds is 5. The molecule has 6 rings (SSSR count). The zero-order valence-corrected chi connectivity index (χ0v) is 21.1. The van der Waals surface area contributed by atoms with Gasteiger partial charge in [0.05, 0.1) is 43.7 Å². The number of methoxy groups -OCH3 is 1. The third-order valence-corrected chi connectivity index (χ3v) is 8.31. The van der Waals surface area contributed by atoms with Crippen molar-refractivity contribution in [3.63, 3.8) is 0 Å². The summed E-state index contributed by atoms with van der Waals surface area (Å²) < 4.78 is 11.1. The van der Waals surface area contributed by atoms with Crippen LogP contribution in [0.1, 0.15) is 55.7 Å². The van der Waals surface area contributed by atoms with Gasteiger partial charge < -0.3 is 14.5 Å². The molecule has 1 unspecified atom stereocenters. The van der Waals surface area contributed by atoms with E-state index in [4.69, 9.17) is 9.47 Å². The first-order chi connectivity index (χ1) is 17.6. The summed E-state index contributed by atoms with van der Waals surface area (Å²) in [6, 6.07) is 15.3. The number of nitrogens with one attached hydrogen (secondary N) is 1. The Hall–Kier alpha value is -3.16. The first-order valence-electron chi connectivity index (χ1n) is 13.1. The van der Waals surface area contributed by atoms with Gasteiger partial charge in [-0.2, -0.15) is 0 Å². The Morgan fingerprint density at radius 2 is 1.72 bits per heavy atom. The maximum atomic E-state index is 13.4. The molecule has 0 radical (unpaired) electrons.